The summed E-state index contributed by atoms with van der Waals surface area (Å²) in [5.41, 5.74) is 1.89. The maximum Gasteiger partial charge on any atom is 0.221 e. The molecule has 0 saturated carbocycles. The Balaban J connectivity index is 2.49. The van der Waals surface area contributed by atoms with Crippen molar-refractivity contribution in [1.29, 1.82) is 0 Å². The minimum atomic E-state index is -0.284. The van der Waals surface area contributed by atoms with Crippen LogP contribution in [0.25, 0.3) is 0 Å². The molecule has 3 N–H and O–H groups in total. The van der Waals surface area contributed by atoms with Gasteiger partial charge in [0.15, 0.2) is 0 Å². The van der Waals surface area contributed by atoms with Crippen LogP contribution in [0.3, 0.4) is 0 Å². The Labute approximate surface area is 102 Å². The number of para-hydroxylation sites is 1. The predicted octanol–water partition coefficient (Wildman–Crippen LogP) is 1.51. The summed E-state index contributed by atoms with van der Waals surface area (Å²) >= 11 is 0. The average molecular weight is 236 g/mol. The van der Waals surface area contributed by atoms with Gasteiger partial charge in [-0.2, -0.15) is 0 Å². The fourth-order valence-corrected chi connectivity index (χ4v) is 1.52. The number of carbonyl (C=O) groups excluding carboxylic acids is 1. The third-order valence-electron chi connectivity index (χ3n) is 2.38. The molecule has 0 aliphatic carbocycles. The molecule has 1 atom stereocenters. The molecule has 17 heavy (non-hydrogen) atoms. The standard InChI is InChI=1S/C13H20N2O2/c1-10(16)7-8-14-9-12-5-3-4-6-13(12)15-11(2)17/h3-6,10,14,16H,7-9H2,1-2H3,(H,15,17). The topological polar surface area (TPSA) is 61.4 Å². The SMILES string of the molecule is CC(=O)Nc1ccccc1CNCCC(C)O. The molecule has 4 heteroatoms. The van der Waals surface area contributed by atoms with E-state index in [0.717, 1.165) is 24.2 Å². The summed E-state index contributed by atoms with van der Waals surface area (Å²) in [5.74, 6) is -0.0681. The van der Waals surface area contributed by atoms with Gasteiger partial charge in [0.05, 0.1) is 6.10 Å². The van der Waals surface area contributed by atoms with Gasteiger partial charge >= 0.3 is 0 Å². The van der Waals surface area contributed by atoms with Gasteiger partial charge < -0.3 is 15.7 Å². The minimum Gasteiger partial charge on any atom is -0.393 e. The van der Waals surface area contributed by atoms with Gasteiger partial charge in [0, 0.05) is 19.2 Å². The second-order valence-corrected chi connectivity index (χ2v) is 4.15. The third kappa shape index (κ3) is 5.47. The molecule has 4 nitrogen and oxygen atoms in total. The van der Waals surface area contributed by atoms with Crippen molar-refractivity contribution < 1.29 is 9.90 Å². The van der Waals surface area contributed by atoms with Crippen molar-refractivity contribution in [2.24, 2.45) is 0 Å². The van der Waals surface area contributed by atoms with E-state index in [1.165, 1.54) is 6.92 Å². The molecule has 1 aromatic rings. The average Bonchev–Trinajstić information content (AvgIpc) is 2.25. The summed E-state index contributed by atoms with van der Waals surface area (Å²) < 4.78 is 0. The Morgan fingerprint density at radius 2 is 2.12 bits per heavy atom. The van der Waals surface area contributed by atoms with Crippen molar-refractivity contribution in [3.05, 3.63) is 29.8 Å². The van der Waals surface area contributed by atoms with Crippen LogP contribution in [0.4, 0.5) is 5.69 Å². The molecule has 1 rings (SSSR count). The Hall–Kier alpha value is -1.39. The normalized spacial score (nSPS) is 12.2. The highest BCUT2D eigenvalue weighted by Crippen LogP contribution is 2.14. The van der Waals surface area contributed by atoms with Crippen LogP contribution in [-0.4, -0.2) is 23.7 Å². The van der Waals surface area contributed by atoms with E-state index in [2.05, 4.69) is 10.6 Å². The maximum absolute atomic E-state index is 11.0. The summed E-state index contributed by atoms with van der Waals surface area (Å²) in [6, 6.07) is 7.69. The van der Waals surface area contributed by atoms with Crippen LogP contribution >= 0.6 is 0 Å². The maximum atomic E-state index is 11.0. The van der Waals surface area contributed by atoms with Crippen LogP contribution in [0.1, 0.15) is 25.8 Å². The lowest BCUT2D eigenvalue weighted by Crippen LogP contribution is -2.19. The number of aliphatic hydroxyl groups excluding tert-OH is 1. The van der Waals surface area contributed by atoms with Gasteiger partial charge in [0.25, 0.3) is 0 Å². The lowest BCUT2D eigenvalue weighted by atomic mass is 10.1. The van der Waals surface area contributed by atoms with Crippen LogP contribution in [0.2, 0.25) is 0 Å². The third-order valence-corrected chi connectivity index (χ3v) is 2.38. The number of nitrogens with one attached hydrogen (secondary N) is 2. The first-order chi connectivity index (χ1) is 8.09. The predicted molar refractivity (Wildman–Crippen MR) is 68.8 cm³/mol. The molecular formula is C13H20N2O2. The number of hydrogen-bond acceptors (Lipinski definition) is 3. The lowest BCUT2D eigenvalue weighted by molar-refractivity contribution is -0.114. The number of amides is 1. The molecule has 0 heterocycles. The van der Waals surface area contributed by atoms with Gasteiger partial charge in [0.2, 0.25) is 5.91 Å². The molecule has 1 unspecified atom stereocenters. The number of aliphatic hydroxyl groups is 1. The highest BCUT2D eigenvalue weighted by molar-refractivity contribution is 5.89. The highest BCUT2D eigenvalue weighted by atomic mass is 16.3. The molecule has 0 aliphatic rings. The molecule has 1 aromatic carbocycles. The summed E-state index contributed by atoms with van der Waals surface area (Å²) in [5, 5.41) is 15.2. The fraction of sp³-hybridized carbons (Fsp3) is 0.462. The number of hydrogen-bond donors (Lipinski definition) is 3. The Morgan fingerprint density at radius 3 is 2.76 bits per heavy atom. The monoisotopic (exact) mass is 236 g/mol. The summed E-state index contributed by atoms with van der Waals surface area (Å²) in [6.07, 6.45) is 0.440. The Bertz CT molecular complexity index is 364. The zero-order valence-corrected chi connectivity index (χ0v) is 10.4. The molecule has 0 aliphatic heterocycles. The van der Waals surface area contributed by atoms with Gasteiger partial charge in [-0.05, 0) is 31.5 Å². The highest BCUT2D eigenvalue weighted by Gasteiger charge is 2.02. The first-order valence-electron chi connectivity index (χ1n) is 5.84. The van der Waals surface area contributed by atoms with Crippen molar-refractivity contribution in [3.8, 4) is 0 Å². The van der Waals surface area contributed by atoms with Crippen molar-refractivity contribution in [2.45, 2.75) is 32.9 Å². The van der Waals surface area contributed by atoms with Crippen LogP contribution in [0.15, 0.2) is 24.3 Å². The van der Waals surface area contributed by atoms with Gasteiger partial charge in [-0.15, -0.1) is 0 Å². The minimum absolute atomic E-state index is 0.0681. The summed E-state index contributed by atoms with van der Waals surface area (Å²) in [6.45, 7) is 4.71. The molecular weight excluding hydrogens is 216 g/mol. The van der Waals surface area contributed by atoms with E-state index in [9.17, 15) is 4.79 Å². The molecule has 0 radical (unpaired) electrons. The Morgan fingerprint density at radius 1 is 1.41 bits per heavy atom. The molecule has 0 aromatic heterocycles. The first-order valence-corrected chi connectivity index (χ1v) is 5.84. The van der Waals surface area contributed by atoms with E-state index in [0.29, 0.717) is 6.54 Å². The zero-order valence-electron chi connectivity index (χ0n) is 10.4. The molecule has 0 fully saturated rings. The van der Waals surface area contributed by atoms with Gasteiger partial charge in [0.1, 0.15) is 0 Å². The quantitative estimate of drug-likeness (QED) is 0.656. The van der Waals surface area contributed by atoms with Crippen molar-refractivity contribution in [1.82, 2.24) is 5.32 Å². The largest absolute Gasteiger partial charge is 0.393 e. The fourth-order valence-electron chi connectivity index (χ4n) is 1.52. The van der Waals surface area contributed by atoms with E-state index >= 15 is 0 Å². The molecule has 0 bridgehead atoms. The van der Waals surface area contributed by atoms with Crippen LogP contribution in [0.5, 0.6) is 0 Å². The van der Waals surface area contributed by atoms with Crippen molar-refractivity contribution in [2.75, 3.05) is 11.9 Å². The second-order valence-electron chi connectivity index (χ2n) is 4.15. The smallest absolute Gasteiger partial charge is 0.221 e. The van der Waals surface area contributed by atoms with Gasteiger partial charge in [-0.3, -0.25) is 4.79 Å². The van der Waals surface area contributed by atoms with Gasteiger partial charge in [-0.1, -0.05) is 18.2 Å². The molecule has 0 spiro atoms. The molecule has 1 amide bonds. The van der Waals surface area contributed by atoms with E-state index in [1.54, 1.807) is 6.92 Å². The van der Waals surface area contributed by atoms with Crippen molar-refractivity contribution in [3.63, 3.8) is 0 Å². The molecule has 0 saturated heterocycles. The number of rotatable bonds is 6. The van der Waals surface area contributed by atoms with Gasteiger partial charge in [-0.25, -0.2) is 0 Å². The van der Waals surface area contributed by atoms with Crippen LogP contribution in [-0.2, 0) is 11.3 Å². The van der Waals surface area contributed by atoms with E-state index in [-0.39, 0.29) is 12.0 Å². The lowest BCUT2D eigenvalue weighted by Gasteiger charge is -2.11. The Kier molecular flexibility index (Phi) is 5.66. The van der Waals surface area contributed by atoms with Crippen molar-refractivity contribution >= 4 is 11.6 Å². The second kappa shape index (κ2) is 7.04. The summed E-state index contributed by atoms with van der Waals surface area (Å²) in [7, 11) is 0. The van der Waals surface area contributed by atoms with E-state index in [1.807, 2.05) is 24.3 Å². The van der Waals surface area contributed by atoms with Crippen LogP contribution in [0, 0.1) is 0 Å². The van der Waals surface area contributed by atoms with E-state index < -0.39 is 0 Å². The number of carbonyl (C=O) groups is 1. The number of benzene rings is 1. The zero-order chi connectivity index (χ0) is 12.7. The molecule has 94 valence electrons. The van der Waals surface area contributed by atoms with Crippen LogP contribution < -0.4 is 10.6 Å². The first kappa shape index (κ1) is 13.7. The summed E-state index contributed by atoms with van der Waals surface area (Å²) in [4.78, 5) is 11.0. The number of anilines is 1. The van der Waals surface area contributed by atoms with E-state index in [4.69, 9.17) is 5.11 Å².